The molecule has 1 amide bonds. The molecule has 20 heavy (non-hydrogen) atoms. The molecule has 0 aromatic heterocycles. The number of nitrogen functional groups attached to an aromatic ring is 1. The topological polar surface area (TPSA) is 58.4 Å². The van der Waals surface area contributed by atoms with Crippen LogP contribution >= 0.6 is 0 Å². The number of amides is 1. The van der Waals surface area contributed by atoms with Gasteiger partial charge in [0, 0.05) is 25.2 Å². The fourth-order valence-electron chi connectivity index (χ4n) is 2.62. The molecule has 1 aliphatic rings. The van der Waals surface area contributed by atoms with Crippen molar-refractivity contribution in [1.82, 2.24) is 10.3 Å². The fraction of sp³-hybridized carbons (Fsp3) is 0.188. The van der Waals surface area contributed by atoms with E-state index in [9.17, 15) is 4.79 Å². The van der Waals surface area contributed by atoms with Crippen molar-refractivity contribution in [3.8, 4) is 0 Å². The first-order valence-corrected chi connectivity index (χ1v) is 6.65. The highest BCUT2D eigenvalue weighted by molar-refractivity contribution is 5.93. The van der Waals surface area contributed by atoms with E-state index >= 15 is 0 Å². The Morgan fingerprint density at radius 1 is 1.05 bits per heavy atom. The van der Waals surface area contributed by atoms with Crippen LogP contribution in [0.25, 0.3) is 0 Å². The van der Waals surface area contributed by atoms with Crippen LogP contribution < -0.4 is 11.3 Å². The largest absolute Gasteiger partial charge is 0.291 e. The van der Waals surface area contributed by atoms with Gasteiger partial charge >= 0.3 is 0 Å². The fourth-order valence-corrected chi connectivity index (χ4v) is 2.62. The van der Waals surface area contributed by atoms with Crippen molar-refractivity contribution in [3.05, 3.63) is 70.8 Å². The molecule has 0 aliphatic carbocycles. The molecular formula is C16H17N3O. The minimum Gasteiger partial charge on any atom is -0.291 e. The zero-order chi connectivity index (χ0) is 13.9. The maximum Gasteiger partial charge on any atom is 0.265 e. The smallest absolute Gasteiger partial charge is 0.265 e. The second-order valence-electron chi connectivity index (χ2n) is 5.08. The average molecular weight is 267 g/mol. The van der Waals surface area contributed by atoms with Gasteiger partial charge in [-0.2, -0.15) is 0 Å². The van der Waals surface area contributed by atoms with Gasteiger partial charge in [-0.25, -0.2) is 5.84 Å². The van der Waals surface area contributed by atoms with Gasteiger partial charge in [-0.15, -0.1) is 0 Å². The summed E-state index contributed by atoms with van der Waals surface area (Å²) in [6, 6.07) is 16.1. The molecule has 4 nitrogen and oxygen atoms in total. The summed E-state index contributed by atoms with van der Waals surface area (Å²) in [6.45, 7) is 2.86. The van der Waals surface area contributed by atoms with Crippen LogP contribution in [-0.4, -0.2) is 10.8 Å². The number of nitrogens with zero attached hydrogens (tertiary/aromatic N) is 1. The van der Waals surface area contributed by atoms with Crippen LogP contribution in [0.4, 0.5) is 0 Å². The van der Waals surface area contributed by atoms with Crippen LogP contribution in [0.1, 0.15) is 27.0 Å². The summed E-state index contributed by atoms with van der Waals surface area (Å²) in [7, 11) is 0. The summed E-state index contributed by atoms with van der Waals surface area (Å²) in [6.07, 6.45) is 0. The van der Waals surface area contributed by atoms with E-state index in [0.29, 0.717) is 5.56 Å². The third-order valence-corrected chi connectivity index (χ3v) is 3.66. The lowest BCUT2D eigenvalue weighted by atomic mass is 10.1. The van der Waals surface area contributed by atoms with Crippen LogP contribution in [0, 0.1) is 0 Å². The van der Waals surface area contributed by atoms with Crippen molar-refractivity contribution in [2.24, 2.45) is 5.84 Å². The van der Waals surface area contributed by atoms with Gasteiger partial charge in [0.05, 0.1) is 0 Å². The highest BCUT2D eigenvalue weighted by atomic mass is 16.2. The summed E-state index contributed by atoms with van der Waals surface area (Å²) in [5.41, 5.74) is 6.74. The number of hydrazine groups is 1. The van der Waals surface area contributed by atoms with Gasteiger partial charge < -0.3 is 0 Å². The van der Waals surface area contributed by atoms with Crippen molar-refractivity contribution in [2.75, 3.05) is 0 Å². The number of rotatable bonds is 3. The van der Waals surface area contributed by atoms with Crippen LogP contribution in [0.3, 0.4) is 0 Å². The standard InChI is InChI=1S/C16H17N3O/c17-18-16(20)13-7-5-12(6-8-13)9-19-10-14-3-1-2-4-15(14)11-19/h1-8H,9-11,17H2,(H,18,20). The maximum atomic E-state index is 11.4. The SMILES string of the molecule is NNC(=O)c1ccc(CN2Cc3ccccc3C2)cc1. The van der Waals surface area contributed by atoms with Gasteiger partial charge in [-0.3, -0.25) is 15.1 Å². The number of nitrogens with one attached hydrogen (secondary N) is 1. The summed E-state index contributed by atoms with van der Waals surface area (Å²) < 4.78 is 0. The molecule has 3 N–H and O–H groups in total. The third kappa shape index (κ3) is 2.57. The Kier molecular flexibility index (Phi) is 3.50. The number of benzene rings is 2. The predicted molar refractivity (Wildman–Crippen MR) is 77.5 cm³/mol. The molecule has 0 atom stereocenters. The molecule has 0 unspecified atom stereocenters. The van der Waals surface area contributed by atoms with E-state index in [2.05, 4.69) is 34.6 Å². The molecule has 0 bridgehead atoms. The quantitative estimate of drug-likeness (QED) is 0.506. The van der Waals surface area contributed by atoms with Crippen molar-refractivity contribution >= 4 is 5.91 Å². The van der Waals surface area contributed by atoms with E-state index in [-0.39, 0.29) is 5.91 Å². The lowest BCUT2D eigenvalue weighted by Gasteiger charge is -2.14. The van der Waals surface area contributed by atoms with E-state index in [1.807, 2.05) is 12.1 Å². The number of hydrogen-bond donors (Lipinski definition) is 2. The molecule has 0 spiro atoms. The van der Waals surface area contributed by atoms with Crippen LogP contribution in [-0.2, 0) is 19.6 Å². The maximum absolute atomic E-state index is 11.4. The lowest BCUT2D eigenvalue weighted by Crippen LogP contribution is -2.29. The summed E-state index contributed by atoms with van der Waals surface area (Å²) >= 11 is 0. The van der Waals surface area contributed by atoms with Gasteiger partial charge in [0.1, 0.15) is 0 Å². The normalized spacial score (nSPS) is 14.1. The number of hydrogen-bond acceptors (Lipinski definition) is 3. The van der Waals surface area contributed by atoms with E-state index in [0.717, 1.165) is 19.6 Å². The Balaban J connectivity index is 1.66. The molecule has 2 aromatic rings. The second kappa shape index (κ2) is 5.45. The summed E-state index contributed by atoms with van der Waals surface area (Å²) in [5, 5.41) is 0. The number of carbonyl (C=O) groups is 1. The minimum absolute atomic E-state index is 0.259. The molecule has 0 saturated heterocycles. The summed E-state index contributed by atoms with van der Waals surface area (Å²) in [4.78, 5) is 13.8. The van der Waals surface area contributed by atoms with Crippen molar-refractivity contribution in [1.29, 1.82) is 0 Å². The average Bonchev–Trinajstić information content (AvgIpc) is 2.89. The van der Waals surface area contributed by atoms with E-state index in [4.69, 9.17) is 5.84 Å². The number of nitrogens with two attached hydrogens (primary N) is 1. The highest BCUT2D eigenvalue weighted by Gasteiger charge is 2.18. The highest BCUT2D eigenvalue weighted by Crippen LogP contribution is 2.23. The first-order valence-electron chi connectivity index (χ1n) is 6.65. The van der Waals surface area contributed by atoms with Gasteiger partial charge in [0.15, 0.2) is 0 Å². The second-order valence-corrected chi connectivity index (χ2v) is 5.08. The zero-order valence-corrected chi connectivity index (χ0v) is 11.2. The molecule has 3 rings (SSSR count). The predicted octanol–water partition coefficient (Wildman–Crippen LogP) is 1.81. The monoisotopic (exact) mass is 267 g/mol. The van der Waals surface area contributed by atoms with E-state index in [1.165, 1.54) is 16.7 Å². The molecule has 1 aliphatic heterocycles. The molecular weight excluding hydrogens is 250 g/mol. The first kappa shape index (κ1) is 12.8. The first-order chi connectivity index (χ1) is 9.76. The van der Waals surface area contributed by atoms with E-state index in [1.54, 1.807) is 12.1 Å². The molecule has 0 saturated carbocycles. The number of carbonyl (C=O) groups excluding carboxylic acids is 1. The Bertz CT molecular complexity index is 597. The van der Waals surface area contributed by atoms with Gasteiger partial charge in [0.2, 0.25) is 0 Å². The van der Waals surface area contributed by atoms with Gasteiger partial charge in [-0.1, -0.05) is 36.4 Å². The molecule has 0 radical (unpaired) electrons. The Labute approximate surface area is 118 Å². The van der Waals surface area contributed by atoms with Crippen molar-refractivity contribution < 1.29 is 4.79 Å². The van der Waals surface area contributed by atoms with Crippen molar-refractivity contribution in [2.45, 2.75) is 19.6 Å². The third-order valence-electron chi connectivity index (χ3n) is 3.66. The molecule has 102 valence electrons. The lowest BCUT2D eigenvalue weighted by molar-refractivity contribution is 0.0953. The van der Waals surface area contributed by atoms with E-state index < -0.39 is 0 Å². The number of fused-ring (bicyclic) bond motifs is 1. The molecule has 0 fully saturated rings. The van der Waals surface area contributed by atoms with Crippen LogP contribution in [0.2, 0.25) is 0 Å². The zero-order valence-electron chi connectivity index (χ0n) is 11.2. The molecule has 4 heteroatoms. The Morgan fingerprint density at radius 3 is 2.20 bits per heavy atom. The molecule has 2 aromatic carbocycles. The Hall–Kier alpha value is -2.17. The van der Waals surface area contributed by atoms with Gasteiger partial charge in [0.25, 0.3) is 5.91 Å². The van der Waals surface area contributed by atoms with Crippen LogP contribution in [0.15, 0.2) is 48.5 Å². The van der Waals surface area contributed by atoms with Crippen LogP contribution in [0.5, 0.6) is 0 Å². The summed E-state index contributed by atoms with van der Waals surface area (Å²) in [5.74, 6) is 4.86. The van der Waals surface area contributed by atoms with Gasteiger partial charge in [-0.05, 0) is 28.8 Å². The Morgan fingerprint density at radius 2 is 1.65 bits per heavy atom. The molecule has 1 heterocycles. The minimum atomic E-state index is -0.259. The van der Waals surface area contributed by atoms with Crippen molar-refractivity contribution in [3.63, 3.8) is 0 Å².